The van der Waals surface area contributed by atoms with Crippen LogP contribution in [-0.2, 0) is 29.2 Å². The highest BCUT2D eigenvalue weighted by Crippen LogP contribution is 2.34. The number of rotatable bonds is 5. The monoisotopic (exact) mass is 497 g/mol. The summed E-state index contributed by atoms with van der Waals surface area (Å²) in [6, 6.07) is 9.81. The Morgan fingerprint density at radius 3 is 2.58 bits per heavy atom. The molecular formula is C21H18F3N3O4S2. The summed E-state index contributed by atoms with van der Waals surface area (Å²) in [6.07, 6.45) is -2.93. The molecule has 1 N–H and O–H groups in total. The molecule has 33 heavy (non-hydrogen) atoms. The molecule has 2 heterocycles. The molecule has 0 saturated heterocycles. The zero-order chi connectivity index (χ0) is 23.8. The summed E-state index contributed by atoms with van der Waals surface area (Å²) in [6.45, 7) is 0.677. The second-order valence-corrected chi connectivity index (χ2v) is 10.0. The second-order valence-electron chi connectivity index (χ2n) is 7.41. The number of halogens is 3. The van der Waals surface area contributed by atoms with Gasteiger partial charge in [-0.05, 0) is 42.3 Å². The maximum atomic E-state index is 12.8. The first-order chi connectivity index (χ1) is 15.5. The maximum absolute atomic E-state index is 12.8. The normalized spacial score (nSPS) is 14.0. The van der Waals surface area contributed by atoms with Crippen molar-refractivity contribution in [3.8, 4) is 11.5 Å². The molecule has 0 aliphatic carbocycles. The second kappa shape index (κ2) is 8.67. The number of hydrogen-bond acceptors (Lipinski definition) is 6. The van der Waals surface area contributed by atoms with Crippen LogP contribution >= 0.6 is 11.3 Å². The van der Waals surface area contributed by atoms with Crippen LogP contribution in [0.25, 0.3) is 0 Å². The van der Waals surface area contributed by atoms with Crippen molar-refractivity contribution >= 4 is 32.4 Å². The SMILES string of the molecule is CS(=O)(=O)Nc1nc(C(=O)N2CCc3c(cccc3Oc3ccc(C(F)(F)F)cc3)C2)cs1. The van der Waals surface area contributed by atoms with Crippen LogP contribution in [0.4, 0.5) is 18.3 Å². The molecule has 7 nitrogen and oxygen atoms in total. The van der Waals surface area contributed by atoms with Crippen molar-refractivity contribution in [2.24, 2.45) is 0 Å². The van der Waals surface area contributed by atoms with Gasteiger partial charge < -0.3 is 9.64 Å². The van der Waals surface area contributed by atoms with Crippen LogP contribution in [0, 0.1) is 0 Å². The van der Waals surface area contributed by atoms with Crippen molar-refractivity contribution in [3.63, 3.8) is 0 Å². The Labute approximate surface area is 191 Å². The number of fused-ring (bicyclic) bond motifs is 1. The molecule has 0 fully saturated rings. The molecule has 0 bridgehead atoms. The Hall–Kier alpha value is -3.12. The number of benzene rings is 2. The van der Waals surface area contributed by atoms with E-state index in [1.807, 2.05) is 6.07 Å². The molecule has 2 aromatic carbocycles. The van der Waals surface area contributed by atoms with E-state index in [0.717, 1.165) is 40.9 Å². The average Bonchev–Trinajstić information content (AvgIpc) is 3.19. The molecule has 12 heteroatoms. The molecule has 3 aromatic rings. The third kappa shape index (κ3) is 5.45. The van der Waals surface area contributed by atoms with Crippen LogP contribution < -0.4 is 9.46 Å². The fourth-order valence-electron chi connectivity index (χ4n) is 3.42. The molecule has 1 aliphatic rings. The fraction of sp³-hybridized carbons (Fsp3) is 0.238. The Morgan fingerprint density at radius 2 is 1.91 bits per heavy atom. The molecule has 174 valence electrons. The minimum Gasteiger partial charge on any atom is -0.457 e. The van der Waals surface area contributed by atoms with E-state index in [0.29, 0.717) is 25.3 Å². The third-order valence-corrected chi connectivity index (χ3v) is 6.37. The highest BCUT2D eigenvalue weighted by Gasteiger charge is 2.30. The van der Waals surface area contributed by atoms with Gasteiger partial charge in [-0.15, -0.1) is 11.3 Å². The lowest BCUT2D eigenvalue weighted by atomic mass is 9.98. The van der Waals surface area contributed by atoms with Gasteiger partial charge in [-0.1, -0.05) is 12.1 Å². The summed E-state index contributed by atoms with van der Waals surface area (Å²) in [5, 5.41) is 1.61. The number of thiazole rings is 1. The maximum Gasteiger partial charge on any atom is 0.416 e. The Balaban J connectivity index is 1.48. The lowest BCUT2D eigenvalue weighted by molar-refractivity contribution is -0.137. The third-order valence-electron chi connectivity index (χ3n) is 4.92. The van der Waals surface area contributed by atoms with Crippen molar-refractivity contribution < 1.29 is 31.1 Å². The molecule has 1 amide bonds. The minimum absolute atomic E-state index is 0.116. The van der Waals surface area contributed by atoms with Crippen LogP contribution in [-0.4, -0.2) is 37.0 Å². The minimum atomic E-state index is -4.42. The van der Waals surface area contributed by atoms with Gasteiger partial charge in [0, 0.05) is 24.0 Å². The van der Waals surface area contributed by atoms with E-state index in [-0.39, 0.29) is 22.5 Å². The molecule has 1 aliphatic heterocycles. The largest absolute Gasteiger partial charge is 0.457 e. The topological polar surface area (TPSA) is 88.6 Å². The Morgan fingerprint density at radius 1 is 1.18 bits per heavy atom. The first-order valence-electron chi connectivity index (χ1n) is 9.68. The first-order valence-corrected chi connectivity index (χ1v) is 12.5. The van der Waals surface area contributed by atoms with E-state index >= 15 is 0 Å². The average molecular weight is 498 g/mol. The number of carbonyl (C=O) groups is 1. The van der Waals surface area contributed by atoms with Gasteiger partial charge in [0.2, 0.25) is 10.0 Å². The summed E-state index contributed by atoms with van der Waals surface area (Å²) >= 11 is 1.02. The quantitative estimate of drug-likeness (QED) is 0.560. The lowest BCUT2D eigenvalue weighted by Crippen LogP contribution is -2.36. The van der Waals surface area contributed by atoms with E-state index in [9.17, 15) is 26.4 Å². The molecule has 0 atom stereocenters. The summed E-state index contributed by atoms with van der Waals surface area (Å²) in [4.78, 5) is 18.5. The molecule has 0 radical (unpaired) electrons. The van der Waals surface area contributed by atoms with E-state index in [1.165, 1.54) is 17.5 Å². The zero-order valence-corrected chi connectivity index (χ0v) is 18.9. The molecule has 1 aromatic heterocycles. The predicted molar refractivity (Wildman–Crippen MR) is 117 cm³/mol. The van der Waals surface area contributed by atoms with Crippen LogP contribution in [0.3, 0.4) is 0 Å². The van der Waals surface area contributed by atoms with Crippen molar-refractivity contribution in [1.82, 2.24) is 9.88 Å². The molecule has 0 unspecified atom stereocenters. The number of ether oxygens (including phenoxy) is 1. The summed E-state index contributed by atoms with van der Waals surface area (Å²) in [7, 11) is -3.49. The van der Waals surface area contributed by atoms with Crippen LogP contribution in [0.1, 0.15) is 27.2 Å². The van der Waals surface area contributed by atoms with Gasteiger partial charge in [-0.2, -0.15) is 13.2 Å². The van der Waals surface area contributed by atoms with Crippen molar-refractivity contribution in [2.45, 2.75) is 19.1 Å². The molecule has 4 rings (SSSR count). The Bertz CT molecular complexity index is 1290. The highest BCUT2D eigenvalue weighted by atomic mass is 32.2. The van der Waals surface area contributed by atoms with Crippen molar-refractivity contribution in [2.75, 3.05) is 17.5 Å². The molecule has 0 spiro atoms. The number of aromatic nitrogens is 1. The summed E-state index contributed by atoms with van der Waals surface area (Å²) in [5.74, 6) is 0.475. The van der Waals surface area contributed by atoms with E-state index in [2.05, 4.69) is 9.71 Å². The van der Waals surface area contributed by atoms with Gasteiger partial charge in [0.1, 0.15) is 17.2 Å². The van der Waals surface area contributed by atoms with Gasteiger partial charge in [0.15, 0.2) is 5.13 Å². The van der Waals surface area contributed by atoms with Crippen molar-refractivity contribution in [1.29, 1.82) is 0 Å². The molecular weight excluding hydrogens is 479 g/mol. The van der Waals surface area contributed by atoms with Crippen LogP contribution in [0.15, 0.2) is 47.8 Å². The number of nitrogens with one attached hydrogen (secondary N) is 1. The van der Waals surface area contributed by atoms with Crippen LogP contribution in [0.2, 0.25) is 0 Å². The smallest absolute Gasteiger partial charge is 0.416 e. The van der Waals surface area contributed by atoms with Gasteiger partial charge in [0.25, 0.3) is 5.91 Å². The van der Waals surface area contributed by atoms with Crippen LogP contribution in [0.5, 0.6) is 11.5 Å². The number of sulfonamides is 1. The fourth-order valence-corrected chi connectivity index (χ4v) is 4.96. The number of amides is 1. The van der Waals surface area contributed by atoms with E-state index in [1.54, 1.807) is 17.0 Å². The number of nitrogens with zero attached hydrogens (tertiary/aromatic N) is 2. The van der Waals surface area contributed by atoms with Gasteiger partial charge in [-0.25, -0.2) is 13.4 Å². The predicted octanol–water partition coefficient (Wildman–Crippen LogP) is 4.52. The Kier molecular flexibility index (Phi) is 6.06. The van der Waals surface area contributed by atoms with Gasteiger partial charge in [-0.3, -0.25) is 9.52 Å². The van der Waals surface area contributed by atoms with Crippen molar-refractivity contribution in [3.05, 3.63) is 70.2 Å². The number of carbonyl (C=O) groups excluding carboxylic acids is 1. The summed E-state index contributed by atoms with van der Waals surface area (Å²) in [5.41, 5.74) is 1.12. The lowest BCUT2D eigenvalue weighted by Gasteiger charge is -2.29. The highest BCUT2D eigenvalue weighted by molar-refractivity contribution is 7.92. The summed E-state index contributed by atoms with van der Waals surface area (Å²) < 4.78 is 69.0. The standard InChI is InChI=1S/C21H18F3N3O4S2/c1-33(29,30)26-20-25-17(12-32-20)19(28)27-10-9-16-13(11-27)3-2-4-18(16)31-15-7-5-14(6-8-15)21(22,23)24/h2-8,12H,9-11H2,1H3,(H,25,26). The number of alkyl halides is 3. The van der Waals surface area contributed by atoms with Gasteiger partial charge in [0.05, 0.1) is 11.8 Å². The van der Waals surface area contributed by atoms with Gasteiger partial charge >= 0.3 is 6.18 Å². The number of hydrogen-bond donors (Lipinski definition) is 1. The van der Waals surface area contributed by atoms with E-state index < -0.39 is 21.8 Å². The zero-order valence-electron chi connectivity index (χ0n) is 17.2. The molecule has 0 saturated carbocycles. The number of anilines is 1. The van der Waals surface area contributed by atoms with E-state index in [4.69, 9.17) is 4.74 Å². The first kappa shape index (κ1) is 23.1.